The zero-order valence-corrected chi connectivity index (χ0v) is 11.3. The van der Waals surface area contributed by atoms with E-state index in [4.69, 9.17) is 11.6 Å². The Kier molecular flexibility index (Phi) is 4.75. The minimum absolute atomic E-state index is 0.322. The summed E-state index contributed by atoms with van der Waals surface area (Å²) < 4.78 is 0. The van der Waals surface area contributed by atoms with Crippen LogP contribution < -0.4 is 5.32 Å². The van der Waals surface area contributed by atoms with Crippen LogP contribution in [0.5, 0.6) is 0 Å². The van der Waals surface area contributed by atoms with Crippen LogP contribution >= 0.6 is 11.6 Å². The molecule has 0 saturated heterocycles. The van der Waals surface area contributed by atoms with Crippen LogP contribution in [0.2, 0.25) is 5.15 Å². The Morgan fingerprint density at radius 3 is 2.69 bits per heavy atom. The molecule has 1 unspecified atom stereocenters. The van der Waals surface area contributed by atoms with Gasteiger partial charge in [-0.1, -0.05) is 32.4 Å². The molecule has 0 saturated carbocycles. The van der Waals surface area contributed by atoms with Crippen LogP contribution in [-0.2, 0) is 0 Å². The molecule has 0 aliphatic heterocycles. The van der Waals surface area contributed by atoms with Crippen molar-refractivity contribution in [3.63, 3.8) is 0 Å². The molecule has 0 bridgehead atoms. The normalized spacial score (nSPS) is 13.8. The fourth-order valence-electron chi connectivity index (χ4n) is 1.47. The Hall–Kier alpha value is -0.600. The van der Waals surface area contributed by atoms with E-state index in [0.29, 0.717) is 16.6 Å². The van der Waals surface area contributed by atoms with Crippen LogP contribution in [0.1, 0.15) is 45.7 Å². The molecule has 90 valence electrons. The smallest absolute Gasteiger partial charge is 0.129 e. The second kappa shape index (κ2) is 5.65. The summed E-state index contributed by atoms with van der Waals surface area (Å²) in [4.78, 5) is 3.98. The average Bonchev–Trinajstić information content (AvgIpc) is 2.15. The number of rotatable bonds is 4. The minimum atomic E-state index is 0.322. The summed E-state index contributed by atoms with van der Waals surface area (Å²) in [5, 5.41) is 4.05. The molecule has 1 rings (SSSR count). The lowest BCUT2D eigenvalue weighted by Crippen LogP contribution is -2.23. The van der Waals surface area contributed by atoms with Gasteiger partial charge in [-0.3, -0.25) is 0 Å². The molecular weight excluding hydrogens is 220 g/mol. The van der Waals surface area contributed by atoms with E-state index in [1.165, 1.54) is 5.56 Å². The maximum absolute atomic E-state index is 5.86. The van der Waals surface area contributed by atoms with Gasteiger partial charge < -0.3 is 5.32 Å². The van der Waals surface area contributed by atoms with Crippen LogP contribution in [0.15, 0.2) is 18.3 Å². The van der Waals surface area contributed by atoms with Gasteiger partial charge in [-0.05, 0) is 43.0 Å². The molecule has 0 aliphatic carbocycles. The van der Waals surface area contributed by atoms with Gasteiger partial charge in [0.1, 0.15) is 5.15 Å². The number of halogens is 1. The highest BCUT2D eigenvalue weighted by molar-refractivity contribution is 6.29. The lowest BCUT2D eigenvalue weighted by Gasteiger charge is -2.20. The maximum Gasteiger partial charge on any atom is 0.129 e. The highest BCUT2D eigenvalue weighted by atomic mass is 35.5. The second-order valence-electron chi connectivity index (χ2n) is 5.40. The van der Waals surface area contributed by atoms with Crippen molar-refractivity contribution in [2.24, 2.45) is 5.41 Å². The van der Waals surface area contributed by atoms with Crippen molar-refractivity contribution in [2.75, 3.05) is 6.54 Å². The minimum Gasteiger partial charge on any atom is -0.310 e. The molecule has 16 heavy (non-hydrogen) atoms. The summed E-state index contributed by atoms with van der Waals surface area (Å²) in [6, 6.07) is 4.24. The van der Waals surface area contributed by atoms with Gasteiger partial charge in [-0.15, -0.1) is 0 Å². The first-order valence-corrected chi connectivity index (χ1v) is 6.11. The van der Waals surface area contributed by atoms with E-state index in [0.717, 1.165) is 13.0 Å². The predicted octanol–water partition coefficient (Wildman–Crippen LogP) is 3.82. The lowest BCUT2D eigenvalue weighted by molar-refractivity contribution is 0.358. The fraction of sp³-hybridized carbons (Fsp3) is 0.615. The Morgan fingerprint density at radius 2 is 2.12 bits per heavy atom. The van der Waals surface area contributed by atoms with Crippen LogP contribution in [0.4, 0.5) is 0 Å². The van der Waals surface area contributed by atoms with E-state index >= 15 is 0 Å². The third kappa shape index (κ3) is 4.95. The molecule has 1 aromatic heterocycles. The Bertz CT molecular complexity index is 331. The molecular formula is C13H21ClN2. The van der Waals surface area contributed by atoms with Crippen molar-refractivity contribution >= 4 is 11.6 Å². The Morgan fingerprint density at radius 1 is 1.44 bits per heavy atom. The topological polar surface area (TPSA) is 24.9 Å². The summed E-state index contributed by atoms with van der Waals surface area (Å²) in [6.45, 7) is 9.92. The van der Waals surface area contributed by atoms with E-state index in [9.17, 15) is 0 Å². The van der Waals surface area contributed by atoms with E-state index < -0.39 is 0 Å². The van der Waals surface area contributed by atoms with Crippen molar-refractivity contribution < 1.29 is 0 Å². The van der Waals surface area contributed by atoms with Crippen LogP contribution in [0, 0.1) is 5.41 Å². The first kappa shape index (κ1) is 13.5. The standard InChI is InChI=1S/C13H21ClN2/c1-10(15-8-6-13(2,3)4)11-5-7-16-12(14)9-11/h5,7,9-10,15H,6,8H2,1-4H3. The largest absolute Gasteiger partial charge is 0.310 e. The number of pyridine rings is 1. The monoisotopic (exact) mass is 240 g/mol. The average molecular weight is 241 g/mol. The van der Waals surface area contributed by atoms with Crippen molar-refractivity contribution in [2.45, 2.75) is 40.2 Å². The molecule has 0 amide bonds. The number of aromatic nitrogens is 1. The van der Waals surface area contributed by atoms with Crippen molar-refractivity contribution in [1.29, 1.82) is 0 Å². The van der Waals surface area contributed by atoms with E-state index in [1.54, 1.807) is 6.20 Å². The van der Waals surface area contributed by atoms with Gasteiger partial charge in [-0.2, -0.15) is 0 Å². The van der Waals surface area contributed by atoms with Gasteiger partial charge in [0, 0.05) is 12.2 Å². The molecule has 3 heteroatoms. The Balaban J connectivity index is 2.44. The summed E-state index contributed by atoms with van der Waals surface area (Å²) in [5.74, 6) is 0. The molecule has 1 aromatic rings. The predicted molar refractivity (Wildman–Crippen MR) is 69.7 cm³/mol. The zero-order chi connectivity index (χ0) is 12.2. The van der Waals surface area contributed by atoms with E-state index in [1.807, 2.05) is 12.1 Å². The van der Waals surface area contributed by atoms with Crippen LogP contribution in [0.25, 0.3) is 0 Å². The summed E-state index contributed by atoms with van der Waals surface area (Å²) >= 11 is 5.86. The van der Waals surface area contributed by atoms with Gasteiger partial charge >= 0.3 is 0 Å². The van der Waals surface area contributed by atoms with Gasteiger partial charge in [0.25, 0.3) is 0 Å². The van der Waals surface area contributed by atoms with Gasteiger partial charge in [-0.25, -0.2) is 4.98 Å². The van der Waals surface area contributed by atoms with Gasteiger partial charge in [0.15, 0.2) is 0 Å². The summed E-state index contributed by atoms with van der Waals surface area (Å²) in [5.41, 5.74) is 1.57. The molecule has 0 aromatic carbocycles. The number of nitrogens with one attached hydrogen (secondary N) is 1. The zero-order valence-electron chi connectivity index (χ0n) is 10.5. The van der Waals surface area contributed by atoms with Crippen LogP contribution in [-0.4, -0.2) is 11.5 Å². The maximum atomic E-state index is 5.86. The molecule has 0 spiro atoms. The second-order valence-corrected chi connectivity index (χ2v) is 5.79. The molecule has 1 atom stereocenters. The molecule has 0 radical (unpaired) electrons. The van der Waals surface area contributed by atoms with Crippen molar-refractivity contribution in [1.82, 2.24) is 10.3 Å². The van der Waals surface area contributed by atoms with Crippen molar-refractivity contribution in [3.05, 3.63) is 29.0 Å². The number of hydrogen-bond acceptors (Lipinski definition) is 2. The number of nitrogens with zero attached hydrogens (tertiary/aromatic N) is 1. The highest BCUT2D eigenvalue weighted by Crippen LogP contribution is 2.19. The molecule has 0 fully saturated rings. The molecule has 1 N–H and O–H groups in total. The van der Waals surface area contributed by atoms with E-state index in [2.05, 4.69) is 38.0 Å². The Labute approximate surface area is 103 Å². The van der Waals surface area contributed by atoms with Crippen molar-refractivity contribution in [3.8, 4) is 0 Å². The summed E-state index contributed by atoms with van der Waals surface area (Å²) in [6.07, 6.45) is 2.91. The fourth-order valence-corrected chi connectivity index (χ4v) is 1.65. The molecule has 1 heterocycles. The van der Waals surface area contributed by atoms with Gasteiger partial charge in [0.2, 0.25) is 0 Å². The SMILES string of the molecule is CC(NCCC(C)(C)C)c1ccnc(Cl)c1. The third-order valence-electron chi connectivity index (χ3n) is 2.58. The van der Waals surface area contributed by atoms with Crippen LogP contribution in [0.3, 0.4) is 0 Å². The first-order valence-electron chi connectivity index (χ1n) is 5.73. The molecule has 2 nitrogen and oxygen atoms in total. The highest BCUT2D eigenvalue weighted by Gasteiger charge is 2.11. The van der Waals surface area contributed by atoms with E-state index in [-0.39, 0.29) is 0 Å². The van der Waals surface area contributed by atoms with Gasteiger partial charge in [0.05, 0.1) is 0 Å². The lowest BCUT2D eigenvalue weighted by atomic mass is 9.92. The quantitative estimate of drug-likeness (QED) is 0.810. The number of hydrogen-bond donors (Lipinski definition) is 1. The molecule has 0 aliphatic rings. The summed E-state index contributed by atoms with van der Waals surface area (Å²) in [7, 11) is 0. The first-order chi connectivity index (χ1) is 7.38. The third-order valence-corrected chi connectivity index (χ3v) is 2.78.